The van der Waals surface area contributed by atoms with Crippen LogP contribution in [-0.4, -0.2) is 40.4 Å². The van der Waals surface area contributed by atoms with Crippen molar-refractivity contribution in [2.75, 3.05) is 18.5 Å². The molecule has 134 valence electrons. The number of piperidine rings is 1. The normalized spacial score (nSPS) is 20.4. The Balaban J connectivity index is 1.60. The van der Waals surface area contributed by atoms with Gasteiger partial charge in [-0.15, -0.1) is 5.10 Å². The molecule has 0 bridgehead atoms. The molecule has 1 aliphatic rings. The number of aliphatic hydroxyl groups excluding tert-OH is 1. The molecule has 1 aliphatic heterocycles. The molecule has 2 atom stereocenters. The van der Waals surface area contributed by atoms with Crippen LogP contribution in [0.5, 0.6) is 0 Å². The number of anilines is 1. The number of aromatic nitrogens is 2. The van der Waals surface area contributed by atoms with Gasteiger partial charge in [0, 0.05) is 18.5 Å². The summed E-state index contributed by atoms with van der Waals surface area (Å²) in [6.45, 7) is 0.784. The van der Waals surface area contributed by atoms with Crippen LogP contribution in [-0.2, 0) is 4.79 Å². The van der Waals surface area contributed by atoms with E-state index in [0.717, 1.165) is 19.0 Å². The molecule has 0 radical (unpaired) electrons. The van der Waals surface area contributed by atoms with Crippen molar-refractivity contribution in [3.63, 3.8) is 0 Å². The number of amides is 1. The molecule has 3 N–H and O–H groups in total. The molecule has 1 saturated heterocycles. The van der Waals surface area contributed by atoms with Crippen molar-refractivity contribution in [2.45, 2.75) is 25.3 Å². The van der Waals surface area contributed by atoms with Crippen molar-refractivity contribution in [1.82, 2.24) is 15.5 Å². The van der Waals surface area contributed by atoms with Crippen LogP contribution in [0.3, 0.4) is 0 Å². The Morgan fingerprint density at radius 2 is 2.24 bits per heavy atom. The molecular formula is C16H18F2N4O3. The zero-order chi connectivity index (χ0) is 17.8. The van der Waals surface area contributed by atoms with Crippen LogP contribution in [0.2, 0.25) is 0 Å². The van der Waals surface area contributed by atoms with Gasteiger partial charge >= 0.3 is 6.01 Å². The minimum Gasteiger partial charge on any atom is -0.403 e. The number of carbonyl (C=O) groups excluding carboxylic acids is 1. The average molecular weight is 352 g/mol. The standard InChI is InChI=1S/C16H18F2N4O3/c17-10-1-2-12(13(18)7-10)15-21-22-16(25-15)20-14(24)6-9-3-4-19-11(5-9)8-23/h1-2,7,9,11,19,23H,3-6,8H2,(H,20,22,24). The van der Waals surface area contributed by atoms with Crippen LogP contribution in [0.25, 0.3) is 11.5 Å². The van der Waals surface area contributed by atoms with Crippen LogP contribution in [0.4, 0.5) is 14.8 Å². The molecule has 1 aromatic heterocycles. The maximum absolute atomic E-state index is 13.7. The van der Waals surface area contributed by atoms with Gasteiger partial charge < -0.3 is 14.8 Å². The van der Waals surface area contributed by atoms with E-state index in [0.29, 0.717) is 12.5 Å². The Morgan fingerprint density at radius 1 is 1.40 bits per heavy atom. The fourth-order valence-electron chi connectivity index (χ4n) is 2.90. The highest BCUT2D eigenvalue weighted by atomic mass is 19.1. The molecule has 1 aromatic carbocycles. The van der Waals surface area contributed by atoms with Crippen LogP contribution < -0.4 is 10.6 Å². The summed E-state index contributed by atoms with van der Waals surface area (Å²) < 4.78 is 31.9. The smallest absolute Gasteiger partial charge is 0.322 e. The maximum atomic E-state index is 13.7. The molecule has 9 heteroatoms. The Kier molecular flexibility index (Phi) is 5.34. The fraction of sp³-hybridized carbons (Fsp3) is 0.438. The number of nitrogens with zero attached hydrogens (tertiary/aromatic N) is 2. The molecule has 0 saturated carbocycles. The summed E-state index contributed by atoms with van der Waals surface area (Å²) in [4.78, 5) is 12.1. The summed E-state index contributed by atoms with van der Waals surface area (Å²) in [6, 6.07) is 2.84. The monoisotopic (exact) mass is 352 g/mol. The van der Waals surface area contributed by atoms with Crippen molar-refractivity contribution in [1.29, 1.82) is 0 Å². The van der Waals surface area contributed by atoms with Crippen molar-refractivity contribution in [3.8, 4) is 11.5 Å². The molecule has 1 amide bonds. The highest BCUT2D eigenvalue weighted by Gasteiger charge is 2.24. The first-order valence-corrected chi connectivity index (χ1v) is 7.98. The minimum absolute atomic E-state index is 0.00279. The number of carbonyl (C=O) groups is 1. The first kappa shape index (κ1) is 17.4. The molecule has 1 fully saturated rings. The molecule has 2 aromatic rings. The topological polar surface area (TPSA) is 100 Å². The highest BCUT2D eigenvalue weighted by molar-refractivity contribution is 5.88. The number of hydrogen-bond acceptors (Lipinski definition) is 6. The van der Waals surface area contributed by atoms with Gasteiger partial charge in [0.1, 0.15) is 11.6 Å². The summed E-state index contributed by atoms with van der Waals surface area (Å²) in [7, 11) is 0. The van der Waals surface area contributed by atoms with E-state index in [1.165, 1.54) is 6.07 Å². The fourth-order valence-corrected chi connectivity index (χ4v) is 2.90. The second kappa shape index (κ2) is 7.66. The number of hydrogen-bond donors (Lipinski definition) is 3. The summed E-state index contributed by atoms with van der Waals surface area (Å²) in [5.74, 6) is -1.83. The summed E-state index contributed by atoms with van der Waals surface area (Å²) >= 11 is 0. The second-order valence-electron chi connectivity index (χ2n) is 6.01. The summed E-state index contributed by atoms with van der Waals surface area (Å²) in [5, 5.41) is 22.2. The molecular weight excluding hydrogens is 334 g/mol. The van der Waals surface area contributed by atoms with Crippen molar-refractivity contribution in [2.24, 2.45) is 5.92 Å². The van der Waals surface area contributed by atoms with E-state index in [9.17, 15) is 18.7 Å². The van der Waals surface area contributed by atoms with Gasteiger partial charge in [0.15, 0.2) is 0 Å². The lowest BCUT2D eigenvalue weighted by atomic mass is 9.90. The Bertz CT molecular complexity index is 753. The highest BCUT2D eigenvalue weighted by Crippen LogP contribution is 2.24. The average Bonchev–Trinajstić information content (AvgIpc) is 3.03. The van der Waals surface area contributed by atoms with Crippen molar-refractivity contribution < 1.29 is 23.1 Å². The largest absolute Gasteiger partial charge is 0.403 e. The van der Waals surface area contributed by atoms with Crippen LogP contribution in [0.15, 0.2) is 22.6 Å². The summed E-state index contributed by atoms with van der Waals surface area (Å²) in [6.07, 6.45) is 1.81. The molecule has 2 unspecified atom stereocenters. The molecule has 0 spiro atoms. The molecule has 2 heterocycles. The van der Waals surface area contributed by atoms with Gasteiger partial charge in [-0.3, -0.25) is 10.1 Å². The van der Waals surface area contributed by atoms with Gasteiger partial charge in [-0.25, -0.2) is 8.78 Å². The predicted molar refractivity (Wildman–Crippen MR) is 84.5 cm³/mol. The van der Waals surface area contributed by atoms with E-state index in [4.69, 9.17) is 4.42 Å². The lowest BCUT2D eigenvalue weighted by Crippen LogP contribution is -2.41. The maximum Gasteiger partial charge on any atom is 0.322 e. The first-order chi connectivity index (χ1) is 12.0. The van der Waals surface area contributed by atoms with E-state index in [1.807, 2.05) is 0 Å². The van der Waals surface area contributed by atoms with Crippen molar-refractivity contribution in [3.05, 3.63) is 29.8 Å². The van der Waals surface area contributed by atoms with Gasteiger partial charge in [-0.05, 0) is 37.4 Å². The number of benzene rings is 1. The zero-order valence-electron chi connectivity index (χ0n) is 13.3. The molecule has 7 nitrogen and oxygen atoms in total. The Labute approximate surface area is 142 Å². The van der Waals surface area contributed by atoms with E-state index in [-0.39, 0.29) is 48.4 Å². The van der Waals surface area contributed by atoms with Gasteiger partial charge in [-0.2, -0.15) is 0 Å². The van der Waals surface area contributed by atoms with E-state index in [1.54, 1.807) is 0 Å². The van der Waals surface area contributed by atoms with Gasteiger partial charge in [-0.1, -0.05) is 5.10 Å². The second-order valence-corrected chi connectivity index (χ2v) is 6.01. The lowest BCUT2D eigenvalue weighted by Gasteiger charge is -2.28. The van der Waals surface area contributed by atoms with Crippen LogP contribution in [0, 0.1) is 17.6 Å². The van der Waals surface area contributed by atoms with Crippen LogP contribution >= 0.6 is 0 Å². The molecule has 3 rings (SSSR count). The third-order valence-corrected chi connectivity index (χ3v) is 4.13. The van der Waals surface area contributed by atoms with Crippen LogP contribution in [0.1, 0.15) is 19.3 Å². The van der Waals surface area contributed by atoms with E-state index < -0.39 is 11.6 Å². The lowest BCUT2D eigenvalue weighted by molar-refractivity contribution is -0.117. The van der Waals surface area contributed by atoms with Gasteiger partial charge in [0.05, 0.1) is 12.2 Å². The first-order valence-electron chi connectivity index (χ1n) is 7.98. The van der Waals surface area contributed by atoms with Gasteiger partial charge in [0.25, 0.3) is 5.89 Å². The quantitative estimate of drug-likeness (QED) is 0.757. The Hall–Kier alpha value is -2.39. The Morgan fingerprint density at radius 3 is 3.00 bits per heavy atom. The predicted octanol–water partition coefficient (Wildman–Crippen LogP) is 1.70. The zero-order valence-corrected chi connectivity index (χ0v) is 13.3. The SMILES string of the molecule is O=C(CC1CCNC(CO)C1)Nc1nnc(-c2ccc(F)cc2F)o1. The number of halogens is 2. The van der Waals surface area contributed by atoms with E-state index >= 15 is 0 Å². The number of rotatable bonds is 5. The van der Waals surface area contributed by atoms with Gasteiger partial charge in [0.2, 0.25) is 5.91 Å². The minimum atomic E-state index is -0.828. The summed E-state index contributed by atoms with van der Waals surface area (Å²) in [5.41, 5.74) is -0.0430. The van der Waals surface area contributed by atoms with E-state index in [2.05, 4.69) is 20.8 Å². The number of nitrogens with one attached hydrogen (secondary N) is 2. The third kappa shape index (κ3) is 4.37. The molecule has 0 aliphatic carbocycles. The molecule has 25 heavy (non-hydrogen) atoms. The van der Waals surface area contributed by atoms with Crippen molar-refractivity contribution >= 4 is 11.9 Å². The third-order valence-electron chi connectivity index (χ3n) is 4.13. The number of aliphatic hydroxyl groups is 1.